The maximum atomic E-state index is 12.3. The van der Waals surface area contributed by atoms with Gasteiger partial charge in [-0.2, -0.15) is 0 Å². The van der Waals surface area contributed by atoms with E-state index in [1.165, 1.54) is 11.1 Å². The molecule has 1 aromatic heterocycles. The van der Waals surface area contributed by atoms with Gasteiger partial charge in [0.05, 0.1) is 5.69 Å². The number of ether oxygens (including phenoxy) is 1. The van der Waals surface area contributed by atoms with Gasteiger partial charge in [0.1, 0.15) is 12.3 Å². The molecule has 2 N–H and O–H groups in total. The van der Waals surface area contributed by atoms with Crippen LogP contribution in [0.3, 0.4) is 0 Å². The Morgan fingerprint density at radius 2 is 1.92 bits per heavy atom. The molecule has 0 fully saturated rings. The molecule has 7 nitrogen and oxygen atoms in total. The highest BCUT2D eigenvalue weighted by atomic mass is 35.5. The lowest BCUT2D eigenvalue weighted by atomic mass is 9.95. The molecule has 0 bridgehead atoms. The first-order valence-electron chi connectivity index (χ1n) is 8.42. The minimum Gasteiger partial charge on any atom is -0.443 e. The number of aromatic nitrogens is 1. The summed E-state index contributed by atoms with van der Waals surface area (Å²) in [6.45, 7) is 8.49. The third kappa shape index (κ3) is 4.53. The zero-order valence-corrected chi connectivity index (χ0v) is 16.1. The maximum Gasteiger partial charge on any atom is 0.410 e. The summed E-state index contributed by atoms with van der Waals surface area (Å²) in [5, 5.41) is 6.13. The molecule has 2 amide bonds. The Hall–Kier alpha value is -2.12. The average Bonchev–Trinajstić information content (AvgIpc) is 3.14. The number of halogens is 1. The Labute approximate surface area is 159 Å². The van der Waals surface area contributed by atoms with E-state index < -0.39 is 5.41 Å². The van der Waals surface area contributed by atoms with Crippen molar-refractivity contribution in [2.75, 3.05) is 31.5 Å². The molecule has 0 unspecified atom stereocenters. The summed E-state index contributed by atoms with van der Waals surface area (Å²) >= 11 is 0. The van der Waals surface area contributed by atoms with Crippen LogP contribution in [-0.2, 0) is 16.1 Å². The van der Waals surface area contributed by atoms with E-state index in [9.17, 15) is 9.59 Å². The van der Waals surface area contributed by atoms with Gasteiger partial charge in [-0.15, -0.1) is 12.4 Å². The van der Waals surface area contributed by atoms with Gasteiger partial charge in [0.25, 0.3) is 0 Å². The number of amides is 2. The minimum atomic E-state index is -0.514. The highest BCUT2D eigenvalue weighted by molar-refractivity contribution is 5.94. The van der Waals surface area contributed by atoms with Crippen LogP contribution < -0.4 is 10.6 Å². The van der Waals surface area contributed by atoms with Crippen molar-refractivity contribution in [3.05, 3.63) is 35.2 Å². The molecule has 2 aliphatic rings. The summed E-state index contributed by atoms with van der Waals surface area (Å²) < 4.78 is 5.41. The number of pyridine rings is 1. The lowest BCUT2D eigenvalue weighted by Crippen LogP contribution is -2.33. The van der Waals surface area contributed by atoms with Crippen LogP contribution in [0.5, 0.6) is 0 Å². The smallest absolute Gasteiger partial charge is 0.410 e. The highest BCUT2D eigenvalue weighted by Crippen LogP contribution is 2.22. The fourth-order valence-electron chi connectivity index (χ4n) is 2.79. The van der Waals surface area contributed by atoms with Crippen molar-refractivity contribution < 1.29 is 14.3 Å². The number of hydrogen-bond acceptors (Lipinski definition) is 5. The Kier molecular flexibility index (Phi) is 6.26. The molecular weight excluding hydrogens is 356 g/mol. The Balaban J connectivity index is 0.00000243. The number of nitrogens with one attached hydrogen (secondary N) is 2. The van der Waals surface area contributed by atoms with E-state index in [0.717, 1.165) is 13.1 Å². The maximum absolute atomic E-state index is 12.3. The second kappa shape index (κ2) is 8.05. The van der Waals surface area contributed by atoms with Crippen molar-refractivity contribution >= 4 is 30.1 Å². The molecule has 0 saturated carbocycles. The molecule has 0 aliphatic carbocycles. The number of rotatable bonds is 3. The molecule has 0 saturated heterocycles. The highest BCUT2D eigenvalue weighted by Gasteiger charge is 2.29. The first-order chi connectivity index (χ1) is 11.8. The predicted molar refractivity (Wildman–Crippen MR) is 101 cm³/mol. The summed E-state index contributed by atoms with van der Waals surface area (Å²) in [4.78, 5) is 30.4. The SMILES string of the molecule is CC(C)(C)C(=O)Nc1cccnc1COC(=O)N1CC2=C(CNC2)C1.Cl. The Bertz CT molecular complexity index is 711. The van der Waals surface area contributed by atoms with Gasteiger partial charge in [0, 0.05) is 37.8 Å². The van der Waals surface area contributed by atoms with Gasteiger partial charge in [-0.1, -0.05) is 20.8 Å². The molecule has 3 heterocycles. The minimum absolute atomic E-state index is 0. The molecular formula is C18H25ClN4O3. The zero-order chi connectivity index (χ0) is 18.0. The zero-order valence-electron chi connectivity index (χ0n) is 15.3. The molecule has 0 aromatic carbocycles. The van der Waals surface area contributed by atoms with E-state index in [0.29, 0.717) is 24.5 Å². The van der Waals surface area contributed by atoms with Crippen molar-refractivity contribution in [1.82, 2.24) is 15.2 Å². The number of carbonyl (C=O) groups excluding carboxylic acids is 2. The van der Waals surface area contributed by atoms with Crippen LogP contribution >= 0.6 is 12.4 Å². The van der Waals surface area contributed by atoms with E-state index in [1.807, 2.05) is 20.8 Å². The molecule has 3 rings (SSSR count). The van der Waals surface area contributed by atoms with Gasteiger partial charge >= 0.3 is 6.09 Å². The topological polar surface area (TPSA) is 83.6 Å². The summed E-state index contributed by atoms with van der Waals surface area (Å²) in [6.07, 6.45) is 1.27. The molecule has 142 valence electrons. The van der Waals surface area contributed by atoms with Gasteiger partial charge in [-0.25, -0.2) is 4.79 Å². The van der Waals surface area contributed by atoms with Crippen LogP contribution in [-0.4, -0.2) is 48.1 Å². The van der Waals surface area contributed by atoms with Gasteiger partial charge < -0.3 is 20.3 Å². The van der Waals surface area contributed by atoms with Crippen LogP contribution in [0.2, 0.25) is 0 Å². The van der Waals surface area contributed by atoms with Gasteiger partial charge in [0.2, 0.25) is 5.91 Å². The van der Waals surface area contributed by atoms with Crippen LogP contribution in [0.25, 0.3) is 0 Å². The summed E-state index contributed by atoms with van der Waals surface area (Å²) in [6, 6.07) is 3.50. The number of carbonyl (C=O) groups is 2. The largest absolute Gasteiger partial charge is 0.443 e. The monoisotopic (exact) mass is 380 g/mol. The van der Waals surface area contributed by atoms with Crippen LogP contribution in [0.15, 0.2) is 29.5 Å². The second-order valence-corrected chi connectivity index (χ2v) is 7.42. The first kappa shape index (κ1) is 20.2. The molecule has 0 spiro atoms. The fourth-order valence-corrected chi connectivity index (χ4v) is 2.79. The molecule has 26 heavy (non-hydrogen) atoms. The first-order valence-corrected chi connectivity index (χ1v) is 8.42. The predicted octanol–water partition coefficient (Wildman–Crippen LogP) is 2.34. The van der Waals surface area contributed by atoms with Gasteiger partial charge in [-0.05, 0) is 23.3 Å². The van der Waals surface area contributed by atoms with Crippen molar-refractivity contribution in [2.24, 2.45) is 5.41 Å². The van der Waals surface area contributed by atoms with Crippen LogP contribution in [0.4, 0.5) is 10.5 Å². The van der Waals surface area contributed by atoms with E-state index in [2.05, 4.69) is 15.6 Å². The third-order valence-electron chi connectivity index (χ3n) is 4.35. The second-order valence-electron chi connectivity index (χ2n) is 7.42. The normalized spacial score (nSPS) is 16.2. The van der Waals surface area contributed by atoms with E-state index in [1.54, 1.807) is 23.2 Å². The summed E-state index contributed by atoms with van der Waals surface area (Å²) in [7, 11) is 0. The molecule has 0 radical (unpaired) electrons. The number of hydrogen-bond donors (Lipinski definition) is 2. The lowest BCUT2D eigenvalue weighted by molar-refractivity contribution is -0.123. The summed E-state index contributed by atoms with van der Waals surface area (Å²) in [5.74, 6) is -0.110. The molecule has 2 aliphatic heterocycles. The fraction of sp³-hybridized carbons (Fsp3) is 0.500. The number of anilines is 1. The van der Waals surface area contributed by atoms with Gasteiger partial charge in [0.15, 0.2) is 0 Å². The summed E-state index contributed by atoms with van der Waals surface area (Å²) in [5.41, 5.74) is 3.16. The van der Waals surface area contributed by atoms with Crippen molar-refractivity contribution in [1.29, 1.82) is 0 Å². The lowest BCUT2D eigenvalue weighted by Gasteiger charge is -2.20. The van der Waals surface area contributed by atoms with Crippen LogP contribution in [0.1, 0.15) is 26.5 Å². The molecule has 0 atom stereocenters. The van der Waals surface area contributed by atoms with Crippen LogP contribution in [0, 0.1) is 5.41 Å². The van der Waals surface area contributed by atoms with Crippen molar-refractivity contribution in [3.63, 3.8) is 0 Å². The standard InChI is InChI=1S/C18H24N4O3.ClH/c1-18(2,3)16(23)21-14-5-4-6-20-15(14)11-25-17(24)22-9-12-7-19-8-13(12)10-22;/h4-6,19H,7-11H2,1-3H3,(H,21,23);1H. The third-order valence-corrected chi connectivity index (χ3v) is 4.35. The Morgan fingerprint density at radius 3 is 2.54 bits per heavy atom. The van der Waals surface area contributed by atoms with E-state index in [-0.39, 0.29) is 31.0 Å². The quantitative estimate of drug-likeness (QED) is 0.786. The van der Waals surface area contributed by atoms with Gasteiger partial charge in [-0.3, -0.25) is 9.78 Å². The average molecular weight is 381 g/mol. The number of nitrogens with zero attached hydrogens (tertiary/aromatic N) is 2. The van der Waals surface area contributed by atoms with Crippen molar-refractivity contribution in [2.45, 2.75) is 27.4 Å². The molecule has 8 heteroatoms. The van der Waals surface area contributed by atoms with E-state index in [4.69, 9.17) is 4.74 Å². The molecule has 1 aromatic rings. The van der Waals surface area contributed by atoms with Crippen molar-refractivity contribution in [3.8, 4) is 0 Å². The Morgan fingerprint density at radius 1 is 1.27 bits per heavy atom. The van der Waals surface area contributed by atoms with E-state index >= 15 is 0 Å².